The average Bonchev–Trinajstić information content (AvgIpc) is 2.83. The minimum Gasteiger partial charge on any atom is -0.383 e. The summed E-state index contributed by atoms with van der Waals surface area (Å²) in [5.41, 5.74) is 1.99. The number of nitrogens with zero attached hydrogens (tertiary/aromatic N) is 3. The van der Waals surface area contributed by atoms with E-state index in [1.165, 1.54) is 30.2 Å². The van der Waals surface area contributed by atoms with E-state index in [1.54, 1.807) is 7.11 Å². The summed E-state index contributed by atoms with van der Waals surface area (Å²) in [6.45, 7) is 1.54. The molecule has 0 bridgehead atoms. The van der Waals surface area contributed by atoms with Gasteiger partial charge in [-0.25, -0.2) is 9.97 Å². The molecule has 1 saturated heterocycles. The molecule has 20 heavy (non-hydrogen) atoms. The molecule has 0 radical (unpaired) electrons. The van der Waals surface area contributed by atoms with Gasteiger partial charge < -0.3 is 9.30 Å². The molecule has 1 aliphatic rings. The van der Waals surface area contributed by atoms with E-state index in [1.807, 2.05) is 18.3 Å². The van der Waals surface area contributed by atoms with Gasteiger partial charge in [0.05, 0.1) is 6.61 Å². The number of fused-ring (bicyclic) bond motifs is 1. The molecule has 2 aromatic rings. The van der Waals surface area contributed by atoms with Crippen molar-refractivity contribution in [3.63, 3.8) is 0 Å². The van der Waals surface area contributed by atoms with Gasteiger partial charge in [-0.15, -0.1) is 0 Å². The number of thioether (sulfide) groups is 1. The number of hydrogen-bond donors (Lipinski definition) is 0. The Morgan fingerprint density at radius 1 is 1.50 bits per heavy atom. The molecule has 3 rings (SSSR count). The second kappa shape index (κ2) is 6.59. The Labute approximate surface area is 123 Å². The Balaban J connectivity index is 1.87. The van der Waals surface area contributed by atoms with Gasteiger partial charge in [-0.1, -0.05) is 0 Å². The van der Waals surface area contributed by atoms with Crippen molar-refractivity contribution in [2.75, 3.05) is 25.2 Å². The van der Waals surface area contributed by atoms with Crippen LogP contribution in [0.3, 0.4) is 0 Å². The van der Waals surface area contributed by atoms with Crippen LogP contribution in [0.1, 0.15) is 18.7 Å². The molecule has 1 atom stereocenters. The quantitative estimate of drug-likeness (QED) is 0.849. The van der Waals surface area contributed by atoms with Crippen LogP contribution >= 0.6 is 11.8 Å². The Morgan fingerprint density at radius 3 is 3.25 bits per heavy atom. The Hall–Kier alpha value is -1.07. The number of ether oxygens (including phenoxy) is 1. The molecule has 108 valence electrons. The largest absolute Gasteiger partial charge is 0.383 e. The molecule has 0 aliphatic carbocycles. The number of aromatic nitrogens is 3. The molecule has 0 saturated carbocycles. The third kappa shape index (κ3) is 2.99. The monoisotopic (exact) mass is 291 g/mol. The predicted molar refractivity (Wildman–Crippen MR) is 83.2 cm³/mol. The average molecular weight is 291 g/mol. The first-order valence-electron chi connectivity index (χ1n) is 7.25. The van der Waals surface area contributed by atoms with Crippen LogP contribution in [-0.2, 0) is 17.7 Å². The molecule has 1 fully saturated rings. The summed E-state index contributed by atoms with van der Waals surface area (Å²) < 4.78 is 7.46. The third-order valence-corrected chi connectivity index (χ3v) is 5.11. The minimum atomic E-state index is 0.703. The van der Waals surface area contributed by atoms with Crippen LogP contribution in [0.5, 0.6) is 0 Å². The molecular formula is C15H21N3OS. The van der Waals surface area contributed by atoms with Crippen LogP contribution in [0, 0.1) is 5.92 Å². The molecule has 0 spiro atoms. The summed E-state index contributed by atoms with van der Waals surface area (Å²) in [6, 6.07) is 4.00. The van der Waals surface area contributed by atoms with Crippen molar-refractivity contribution in [1.82, 2.24) is 14.5 Å². The van der Waals surface area contributed by atoms with E-state index >= 15 is 0 Å². The molecule has 2 aromatic heterocycles. The van der Waals surface area contributed by atoms with Crippen molar-refractivity contribution in [2.45, 2.75) is 25.8 Å². The van der Waals surface area contributed by atoms with E-state index < -0.39 is 0 Å². The van der Waals surface area contributed by atoms with Crippen LogP contribution in [0.15, 0.2) is 18.3 Å². The smallest absolute Gasteiger partial charge is 0.160 e. The number of methoxy groups -OCH3 is 1. The molecule has 1 aliphatic heterocycles. The Morgan fingerprint density at radius 2 is 2.45 bits per heavy atom. The van der Waals surface area contributed by atoms with E-state index in [0.717, 1.165) is 30.0 Å². The van der Waals surface area contributed by atoms with Crippen molar-refractivity contribution >= 4 is 22.9 Å². The van der Waals surface area contributed by atoms with Gasteiger partial charge in [0, 0.05) is 26.3 Å². The molecule has 0 N–H and O–H groups in total. The lowest BCUT2D eigenvalue weighted by Gasteiger charge is -2.21. The number of rotatable bonds is 5. The van der Waals surface area contributed by atoms with Gasteiger partial charge in [-0.2, -0.15) is 11.8 Å². The van der Waals surface area contributed by atoms with Gasteiger partial charge in [0.1, 0.15) is 11.3 Å². The molecule has 5 heteroatoms. The maximum atomic E-state index is 5.23. The van der Waals surface area contributed by atoms with E-state index in [0.29, 0.717) is 6.61 Å². The van der Waals surface area contributed by atoms with Crippen molar-refractivity contribution in [3.8, 4) is 0 Å². The first-order chi connectivity index (χ1) is 9.88. The highest BCUT2D eigenvalue weighted by Crippen LogP contribution is 2.26. The van der Waals surface area contributed by atoms with E-state index in [4.69, 9.17) is 9.72 Å². The second-order valence-corrected chi connectivity index (χ2v) is 6.46. The predicted octanol–water partition coefficient (Wildman–Crippen LogP) is 2.76. The lowest BCUT2D eigenvalue weighted by atomic mass is 10.0. The molecule has 1 unspecified atom stereocenters. The first-order valence-corrected chi connectivity index (χ1v) is 8.41. The maximum absolute atomic E-state index is 5.23. The molecule has 3 heterocycles. The molecular weight excluding hydrogens is 270 g/mol. The van der Waals surface area contributed by atoms with Crippen LogP contribution in [0.2, 0.25) is 0 Å². The van der Waals surface area contributed by atoms with Crippen molar-refractivity contribution in [2.24, 2.45) is 5.92 Å². The lowest BCUT2D eigenvalue weighted by molar-refractivity contribution is 0.187. The Kier molecular flexibility index (Phi) is 4.58. The molecule has 4 nitrogen and oxygen atoms in total. The maximum Gasteiger partial charge on any atom is 0.160 e. The Bertz CT molecular complexity index is 563. The first kappa shape index (κ1) is 13.9. The van der Waals surface area contributed by atoms with E-state index in [9.17, 15) is 0 Å². The van der Waals surface area contributed by atoms with Gasteiger partial charge in [-0.05, 0) is 42.4 Å². The highest BCUT2D eigenvalue weighted by Gasteiger charge is 2.19. The van der Waals surface area contributed by atoms with Crippen molar-refractivity contribution in [1.29, 1.82) is 0 Å². The highest BCUT2D eigenvalue weighted by molar-refractivity contribution is 7.99. The fourth-order valence-electron chi connectivity index (χ4n) is 2.81. The molecule has 0 aromatic carbocycles. The van der Waals surface area contributed by atoms with Crippen molar-refractivity contribution < 1.29 is 4.74 Å². The van der Waals surface area contributed by atoms with Crippen LogP contribution in [0.25, 0.3) is 11.2 Å². The third-order valence-electron chi connectivity index (χ3n) is 3.83. The van der Waals surface area contributed by atoms with Gasteiger partial charge in [0.25, 0.3) is 0 Å². The highest BCUT2D eigenvalue weighted by atomic mass is 32.2. The zero-order valence-corrected chi connectivity index (χ0v) is 12.7. The van der Waals surface area contributed by atoms with Crippen LogP contribution in [-0.4, -0.2) is 39.8 Å². The van der Waals surface area contributed by atoms with Gasteiger partial charge in [-0.3, -0.25) is 0 Å². The fraction of sp³-hybridized carbons (Fsp3) is 0.600. The summed E-state index contributed by atoms with van der Waals surface area (Å²) in [5.74, 6) is 4.51. The zero-order chi connectivity index (χ0) is 13.8. The van der Waals surface area contributed by atoms with Gasteiger partial charge in [0.15, 0.2) is 5.65 Å². The second-order valence-electron chi connectivity index (χ2n) is 5.31. The van der Waals surface area contributed by atoms with Gasteiger partial charge >= 0.3 is 0 Å². The topological polar surface area (TPSA) is 39.9 Å². The summed E-state index contributed by atoms with van der Waals surface area (Å²) in [5, 5.41) is 0. The van der Waals surface area contributed by atoms with E-state index in [2.05, 4.69) is 21.3 Å². The fourth-order valence-corrected chi connectivity index (χ4v) is 3.96. The van der Waals surface area contributed by atoms with Crippen LogP contribution < -0.4 is 0 Å². The summed E-state index contributed by atoms with van der Waals surface area (Å²) in [7, 11) is 1.74. The minimum absolute atomic E-state index is 0.703. The van der Waals surface area contributed by atoms with Gasteiger partial charge in [0.2, 0.25) is 0 Å². The normalized spacial score (nSPS) is 19.6. The number of hydrogen-bond acceptors (Lipinski definition) is 4. The zero-order valence-electron chi connectivity index (χ0n) is 11.9. The summed E-state index contributed by atoms with van der Waals surface area (Å²) in [6.07, 6.45) is 5.57. The molecule has 0 amide bonds. The van der Waals surface area contributed by atoms with Crippen molar-refractivity contribution in [3.05, 3.63) is 24.2 Å². The SMILES string of the molecule is COCCn1c(CC2CCCSC2)nc2cccnc21. The summed E-state index contributed by atoms with van der Waals surface area (Å²) in [4.78, 5) is 9.28. The number of pyridine rings is 1. The summed E-state index contributed by atoms with van der Waals surface area (Å²) >= 11 is 2.08. The number of imidazole rings is 1. The van der Waals surface area contributed by atoms with Crippen LogP contribution in [0.4, 0.5) is 0 Å². The lowest BCUT2D eigenvalue weighted by Crippen LogP contribution is -2.17. The van der Waals surface area contributed by atoms with E-state index in [-0.39, 0.29) is 0 Å². The standard InChI is InChI=1S/C15H21N3OS/c1-19-8-7-18-14(10-12-4-3-9-20-11-12)17-13-5-2-6-16-15(13)18/h2,5-6,12H,3-4,7-11H2,1H3.